The summed E-state index contributed by atoms with van der Waals surface area (Å²) in [6, 6.07) is 0. The van der Waals surface area contributed by atoms with E-state index in [4.69, 9.17) is 0 Å². The first-order valence-electron chi connectivity index (χ1n) is 4.91. The molecule has 2 nitrogen and oxygen atoms in total. The molecule has 1 heterocycles. The van der Waals surface area contributed by atoms with Crippen molar-refractivity contribution >= 4 is 17.1 Å². The first-order chi connectivity index (χ1) is 6.49. The highest BCUT2D eigenvalue weighted by atomic mass is 32.1. The molecule has 1 aromatic heterocycles. The van der Waals surface area contributed by atoms with Crippen LogP contribution in [0.15, 0.2) is 0 Å². The molecule has 0 aromatic carbocycles. The number of rotatable bonds is 4. The van der Waals surface area contributed by atoms with E-state index >= 15 is 0 Å². The van der Waals surface area contributed by atoms with Gasteiger partial charge in [0.15, 0.2) is 0 Å². The molecule has 0 saturated heterocycles. The van der Waals surface area contributed by atoms with Gasteiger partial charge in [-0.05, 0) is 26.7 Å². The Labute approximate surface area is 89.4 Å². The van der Waals surface area contributed by atoms with Crippen LogP contribution in [-0.4, -0.2) is 10.8 Å². The third-order valence-electron chi connectivity index (χ3n) is 2.23. The lowest BCUT2D eigenvalue weighted by Crippen LogP contribution is -2.04. The van der Waals surface area contributed by atoms with Gasteiger partial charge in [0.25, 0.3) is 0 Å². The van der Waals surface area contributed by atoms with Crippen molar-refractivity contribution in [1.29, 1.82) is 0 Å². The second kappa shape index (κ2) is 4.69. The highest BCUT2D eigenvalue weighted by Crippen LogP contribution is 2.20. The topological polar surface area (TPSA) is 30.0 Å². The third kappa shape index (κ3) is 3.22. The number of aromatic nitrogens is 1. The summed E-state index contributed by atoms with van der Waals surface area (Å²) in [5, 5.41) is 1.16. The first kappa shape index (κ1) is 11.4. The number of carbonyl (C=O) groups excluding carboxylic acids is 1. The summed E-state index contributed by atoms with van der Waals surface area (Å²) in [7, 11) is 0. The van der Waals surface area contributed by atoms with Gasteiger partial charge in [-0.25, -0.2) is 4.98 Å². The highest BCUT2D eigenvalue weighted by molar-refractivity contribution is 7.11. The second-order valence-electron chi connectivity index (χ2n) is 3.96. The van der Waals surface area contributed by atoms with Crippen LogP contribution in [0.1, 0.15) is 35.8 Å². The lowest BCUT2D eigenvalue weighted by molar-refractivity contribution is -0.117. The van der Waals surface area contributed by atoms with Crippen LogP contribution in [0.3, 0.4) is 0 Å². The molecule has 1 aromatic rings. The van der Waals surface area contributed by atoms with Crippen LogP contribution < -0.4 is 0 Å². The number of ketones is 1. The zero-order valence-corrected chi connectivity index (χ0v) is 10.1. The molecule has 0 aliphatic carbocycles. The number of hydrogen-bond donors (Lipinski definition) is 0. The Balaban J connectivity index is 2.56. The maximum absolute atomic E-state index is 10.9. The molecule has 1 atom stereocenters. The first-order valence-corrected chi connectivity index (χ1v) is 5.73. The van der Waals surface area contributed by atoms with Gasteiger partial charge in [0.2, 0.25) is 0 Å². The van der Waals surface area contributed by atoms with Crippen LogP contribution >= 0.6 is 11.3 Å². The predicted molar refractivity (Wildman–Crippen MR) is 59.8 cm³/mol. The van der Waals surface area contributed by atoms with Crippen LogP contribution in [-0.2, 0) is 11.2 Å². The summed E-state index contributed by atoms with van der Waals surface area (Å²) in [6.07, 6.45) is 1.59. The number of Topliss-reactive ketones (excluding diaryl/α,β-unsaturated/α-hetero) is 1. The third-order valence-corrected chi connectivity index (χ3v) is 3.33. The minimum Gasteiger partial charge on any atom is -0.300 e. The average Bonchev–Trinajstić information content (AvgIpc) is 2.28. The van der Waals surface area contributed by atoms with E-state index in [0.29, 0.717) is 12.3 Å². The molecule has 0 N–H and O–H groups in total. The van der Waals surface area contributed by atoms with Crippen molar-refractivity contribution in [2.45, 2.75) is 40.5 Å². The second-order valence-corrected chi connectivity index (χ2v) is 5.25. The summed E-state index contributed by atoms with van der Waals surface area (Å²) in [5.74, 6) is 0.681. The van der Waals surface area contributed by atoms with Crippen LogP contribution in [0.25, 0.3) is 0 Å². The van der Waals surface area contributed by atoms with E-state index in [0.717, 1.165) is 17.1 Å². The average molecular weight is 211 g/mol. The predicted octanol–water partition coefficient (Wildman–Crippen LogP) is 2.92. The molecule has 0 aliphatic heterocycles. The van der Waals surface area contributed by atoms with Crippen molar-refractivity contribution in [3.8, 4) is 0 Å². The summed E-state index contributed by atoms with van der Waals surface area (Å²) < 4.78 is 0. The Kier molecular flexibility index (Phi) is 3.81. The molecular weight excluding hydrogens is 194 g/mol. The van der Waals surface area contributed by atoms with E-state index in [1.54, 1.807) is 18.3 Å². The van der Waals surface area contributed by atoms with Crippen LogP contribution in [0.2, 0.25) is 0 Å². The standard InChI is InChI=1S/C11H17NOS/c1-7(5-8(2)13)6-11-12-9(3)10(4)14-11/h7H,5-6H2,1-4H3. The van der Waals surface area contributed by atoms with Crippen molar-refractivity contribution in [2.24, 2.45) is 5.92 Å². The summed E-state index contributed by atoms with van der Waals surface area (Å²) >= 11 is 1.75. The molecule has 0 bridgehead atoms. The van der Waals surface area contributed by atoms with Gasteiger partial charge in [0, 0.05) is 17.7 Å². The van der Waals surface area contributed by atoms with Gasteiger partial charge in [-0.15, -0.1) is 11.3 Å². The van der Waals surface area contributed by atoms with Gasteiger partial charge in [-0.2, -0.15) is 0 Å². The Morgan fingerprint density at radius 2 is 2.14 bits per heavy atom. The van der Waals surface area contributed by atoms with E-state index < -0.39 is 0 Å². The summed E-state index contributed by atoms with van der Waals surface area (Å²) in [4.78, 5) is 16.7. The molecule has 0 spiro atoms. The zero-order chi connectivity index (χ0) is 10.7. The fourth-order valence-corrected chi connectivity index (χ4v) is 2.58. The van der Waals surface area contributed by atoms with E-state index in [2.05, 4.69) is 18.8 Å². The monoisotopic (exact) mass is 211 g/mol. The Morgan fingerprint density at radius 3 is 2.57 bits per heavy atom. The van der Waals surface area contributed by atoms with Gasteiger partial charge in [-0.3, -0.25) is 0 Å². The zero-order valence-electron chi connectivity index (χ0n) is 9.26. The normalized spacial score (nSPS) is 12.9. The lowest BCUT2D eigenvalue weighted by Gasteiger charge is -2.05. The maximum atomic E-state index is 10.9. The molecule has 0 amide bonds. The molecule has 1 unspecified atom stereocenters. The fraction of sp³-hybridized carbons (Fsp3) is 0.636. The van der Waals surface area contributed by atoms with Gasteiger partial charge in [-0.1, -0.05) is 6.92 Å². The number of aryl methyl sites for hydroxylation is 2. The van der Waals surface area contributed by atoms with Gasteiger partial charge in [0.05, 0.1) is 10.7 Å². The molecule has 0 fully saturated rings. The Morgan fingerprint density at radius 1 is 1.50 bits per heavy atom. The van der Waals surface area contributed by atoms with E-state index in [1.165, 1.54) is 4.88 Å². The smallest absolute Gasteiger partial charge is 0.130 e. The van der Waals surface area contributed by atoms with Crippen LogP contribution in [0.4, 0.5) is 0 Å². The van der Waals surface area contributed by atoms with Gasteiger partial charge < -0.3 is 4.79 Å². The molecule has 1 rings (SSSR count). The molecule has 78 valence electrons. The van der Waals surface area contributed by atoms with Crippen molar-refractivity contribution in [2.75, 3.05) is 0 Å². The molecule has 0 saturated carbocycles. The largest absolute Gasteiger partial charge is 0.300 e. The number of thiazole rings is 1. The molecule has 14 heavy (non-hydrogen) atoms. The minimum atomic E-state index is 0.266. The van der Waals surface area contributed by atoms with Crippen molar-refractivity contribution in [3.63, 3.8) is 0 Å². The number of nitrogens with zero attached hydrogens (tertiary/aromatic N) is 1. The van der Waals surface area contributed by atoms with Gasteiger partial charge >= 0.3 is 0 Å². The van der Waals surface area contributed by atoms with Crippen LogP contribution in [0, 0.1) is 19.8 Å². The van der Waals surface area contributed by atoms with Crippen molar-refractivity contribution in [1.82, 2.24) is 4.98 Å². The Hall–Kier alpha value is -0.700. The molecular formula is C11H17NOS. The maximum Gasteiger partial charge on any atom is 0.130 e. The van der Waals surface area contributed by atoms with Crippen molar-refractivity contribution < 1.29 is 4.79 Å². The van der Waals surface area contributed by atoms with Crippen molar-refractivity contribution in [3.05, 3.63) is 15.6 Å². The summed E-state index contributed by atoms with van der Waals surface area (Å²) in [5.41, 5.74) is 1.13. The molecule has 0 aliphatic rings. The van der Waals surface area contributed by atoms with E-state index in [1.807, 2.05) is 6.92 Å². The minimum absolute atomic E-state index is 0.266. The van der Waals surface area contributed by atoms with Crippen LogP contribution in [0.5, 0.6) is 0 Å². The fourth-order valence-electron chi connectivity index (χ4n) is 1.49. The quantitative estimate of drug-likeness (QED) is 0.766. The number of hydrogen-bond acceptors (Lipinski definition) is 3. The highest BCUT2D eigenvalue weighted by Gasteiger charge is 2.10. The Bertz CT molecular complexity index is 311. The summed E-state index contributed by atoms with van der Waals surface area (Å²) in [6.45, 7) is 7.87. The van der Waals surface area contributed by atoms with Gasteiger partial charge in [0.1, 0.15) is 5.78 Å². The SMILES string of the molecule is CC(=O)CC(C)Cc1nc(C)c(C)s1. The van der Waals surface area contributed by atoms with E-state index in [-0.39, 0.29) is 5.78 Å². The molecule has 3 heteroatoms. The molecule has 0 radical (unpaired) electrons. The van der Waals surface area contributed by atoms with E-state index in [9.17, 15) is 4.79 Å². The lowest BCUT2D eigenvalue weighted by atomic mass is 10.0. The number of carbonyl (C=O) groups is 1.